The molecule has 0 unspecified atom stereocenters. The summed E-state index contributed by atoms with van der Waals surface area (Å²) < 4.78 is 3.26. The SMILES string of the molecule is O=C(Cc1cccc2ccccc12)N/N=C\c1cc(-c2ccccc2)n(-c2ccc(Br)cc2)c1-c1ccccc1. The van der Waals surface area contributed by atoms with E-state index in [2.05, 4.69) is 85.6 Å². The highest BCUT2D eigenvalue weighted by Gasteiger charge is 2.19. The molecule has 0 spiro atoms. The molecule has 1 aromatic heterocycles. The maximum Gasteiger partial charge on any atom is 0.244 e. The number of carbonyl (C=O) groups is 1. The molecule has 1 N–H and O–H groups in total. The van der Waals surface area contributed by atoms with Gasteiger partial charge in [-0.3, -0.25) is 4.79 Å². The first-order chi connectivity index (χ1) is 19.7. The van der Waals surface area contributed by atoms with Crippen LogP contribution in [-0.4, -0.2) is 16.7 Å². The number of hydrogen-bond donors (Lipinski definition) is 1. The number of benzene rings is 5. The van der Waals surface area contributed by atoms with Crippen LogP contribution in [0.1, 0.15) is 11.1 Å². The van der Waals surface area contributed by atoms with Gasteiger partial charge in [-0.25, -0.2) is 5.43 Å². The monoisotopic (exact) mass is 583 g/mol. The van der Waals surface area contributed by atoms with Gasteiger partial charge in [0.15, 0.2) is 0 Å². The number of hydrazone groups is 1. The van der Waals surface area contributed by atoms with Crippen LogP contribution in [0.25, 0.3) is 39.0 Å². The van der Waals surface area contributed by atoms with E-state index in [1.807, 2.05) is 78.9 Å². The number of amides is 1. The summed E-state index contributed by atoms with van der Waals surface area (Å²) in [7, 11) is 0. The van der Waals surface area contributed by atoms with Crippen molar-refractivity contribution < 1.29 is 4.79 Å². The summed E-state index contributed by atoms with van der Waals surface area (Å²) >= 11 is 3.56. The Morgan fingerprint density at radius 2 is 1.40 bits per heavy atom. The lowest BCUT2D eigenvalue weighted by atomic mass is 10.0. The standard InChI is InChI=1S/C35H26BrN3O/c36-30-18-20-31(21-19-30)39-33(26-11-3-1-4-12-26)22-29(35(39)27-13-5-2-6-14-27)24-37-38-34(40)23-28-16-9-15-25-10-7-8-17-32(25)28/h1-22,24H,23H2,(H,38,40)/b37-24-. The molecule has 4 nitrogen and oxygen atoms in total. The van der Waals surface area contributed by atoms with Gasteiger partial charge in [-0.15, -0.1) is 0 Å². The minimum Gasteiger partial charge on any atom is -0.309 e. The number of hydrogen-bond acceptors (Lipinski definition) is 2. The number of nitrogens with one attached hydrogen (secondary N) is 1. The van der Waals surface area contributed by atoms with Crippen LogP contribution in [0.15, 0.2) is 143 Å². The van der Waals surface area contributed by atoms with Crippen molar-refractivity contribution in [3.05, 3.63) is 149 Å². The van der Waals surface area contributed by atoms with Crippen LogP contribution in [0.5, 0.6) is 0 Å². The first kappa shape index (κ1) is 25.5. The number of aromatic nitrogens is 1. The molecular formula is C35H26BrN3O. The van der Waals surface area contributed by atoms with Gasteiger partial charge in [-0.05, 0) is 57.8 Å². The lowest BCUT2D eigenvalue weighted by Crippen LogP contribution is -2.19. The molecule has 0 aliphatic rings. The fourth-order valence-corrected chi connectivity index (χ4v) is 5.30. The van der Waals surface area contributed by atoms with E-state index in [4.69, 9.17) is 0 Å². The van der Waals surface area contributed by atoms with Crippen molar-refractivity contribution in [2.45, 2.75) is 6.42 Å². The number of nitrogens with zero attached hydrogens (tertiary/aromatic N) is 2. The van der Waals surface area contributed by atoms with Crippen LogP contribution in [-0.2, 0) is 11.2 Å². The Labute approximate surface area is 241 Å². The molecule has 0 fully saturated rings. The Morgan fingerprint density at radius 3 is 2.15 bits per heavy atom. The Hall–Kier alpha value is -4.74. The van der Waals surface area contributed by atoms with Gasteiger partial charge in [0.25, 0.3) is 0 Å². The molecule has 6 rings (SSSR count). The third kappa shape index (κ3) is 5.37. The molecule has 0 aliphatic heterocycles. The molecule has 5 aromatic carbocycles. The fraction of sp³-hybridized carbons (Fsp3) is 0.0286. The van der Waals surface area contributed by atoms with Gasteiger partial charge < -0.3 is 4.57 Å². The van der Waals surface area contributed by atoms with E-state index >= 15 is 0 Å². The van der Waals surface area contributed by atoms with Crippen LogP contribution >= 0.6 is 15.9 Å². The molecule has 0 atom stereocenters. The Morgan fingerprint density at radius 1 is 0.750 bits per heavy atom. The lowest BCUT2D eigenvalue weighted by Gasteiger charge is -2.15. The zero-order valence-electron chi connectivity index (χ0n) is 21.7. The van der Waals surface area contributed by atoms with Crippen LogP contribution in [0.4, 0.5) is 0 Å². The average Bonchev–Trinajstić information content (AvgIpc) is 3.38. The molecule has 40 heavy (non-hydrogen) atoms. The Kier molecular flexibility index (Phi) is 7.38. The van der Waals surface area contributed by atoms with E-state index in [9.17, 15) is 4.79 Å². The van der Waals surface area contributed by atoms with Crippen LogP contribution in [0, 0.1) is 0 Å². The molecule has 1 amide bonds. The molecule has 1 heterocycles. The molecule has 0 aliphatic carbocycles. The van der Waals surface area contributed by atoms with E-state index in [0.29, 0.717) is 0 Å². The second kappa shape index (κ2) is 11.6. The maximum atomic E-state index is 12.9. The normalized spacial score (nSPS) is 11.2. The zero-order chi connectivity index (χ0) is 27.3. The summed E-state index contributed by atoms with van der Waals surface area (Å²) in [6.45, 7) is 0. The summed E-state index contributed by atoms with van der Waals surface area (Å²) in [5, 5.41) is 6.61. The van der Waals surface area contributed by atoms with Crippen molar-refractivity contribution in [1.82, 2.24) is 9.99 Å². The van der Waals surface area contributed by atoms with Crippen LogP contribution < -0.4 is 5.43 Å². The molecule has 6 aromatic rings. The van der Waals surface area contributed by atoms with Gasteiger partial charge in [0.1, 0.15) is 0 Å². The fourth-order valence-electron chi connectivity index (χ4n) is 5.03. The zero-order valence-corrected chi connectivity index (χ0v) is 23.3. The quantitative estimate of drug-likeness (QED) is 0.149. The summed E-state index contributed by atoms with van der Waals surface area (Å²) in [5.74, 6) is -0.163. The van der Waals surface area contributed by atoms with Crippen molar-refractivity contribution in [2.24, 2.45) is 5.10 Å². The molecule has 0 radical (unpaired) electrons. The largest absolute Gasteiger partial charge is 0.309 e. The summed E-state index contributed by atoms with van der Waals surface area (Å²) in [4.78, 5) is 12.9. The molecule has 0 saturated heterocycles. The molecular weight excluding hydrogens is 558 g/mol. The van der Waals surface area contributed by atoms with Gasteiger partial charge >= 0.3 is 0 Å². The smallest absolute Gasteiger partial charge is 0.244 e. The minimum atomic E-state index is -0.163. The van der Waals surface area contributed by atoms with Gasteiger partial charge in [-0.1, -0.05) is 119 Å². The van der Waals surface area contributed by atoms with Gasteiger partial charge in [0.2, 0.25) is 5.91 Å². The highest BCUT2D eigenvalue weighted by molar-refractivity contribution is 9.10. The van der Waals surface area contributed by atoms with E-state index in [-0.39, 0.29) is 12.3 Å². The highest BCUT2D eigenvalue weighted by atomic mass is 79.9. The van der Waals surface area contributed by atoms with E-state index < -0.39 is 0 Å². The van der Waals surface area contributed by atoms with E-state index in [1.165, 1.54) is 0 Å². The number of rotatable bonds is 7. The van der Waals surface area contributed by atoms with Gasteiger partial charge in [-0.2, -0.15) is 5.10 Å². The van der Waals surface area contributed by atoms with Crippen molar-refractivity contribution in [3.8, 4) is 28.2 Å². The number of carbonyl (C=O) groups excluding carboxylic acids is 1. The predicted octanol–water partition coefficient (Wildman–Crippen LogP) is 8.42. The average molecular weight is 585 g/mol. The van der Waals surface area contributed by atoms with Crippen molar-refractivity contribution in [2.75, 3.05) is 0 Å². The first-order valence-electron chi connectivity index (χ1n) is 13.1. The summed E-state index contributed by atoms with van der Waals surface area (Å²) in [5.41, 5.74) is 9.82. The van der Waals surface area contributed by atoms with E-state index in [0.717, 1.165) is 54.6 Å². The molecule has 5 heteroatoms. The molecule has 194 valence electrons. The minimum absolute atomic E-state index is 0.163. The topological polar surface area (TPSA) is 46.4 Å². The third-order valence-electron chi connectivity index (χ3n) is 6.86. The molecule has 0 bridgehead atoms. The second-order valence-corrected chi connectivity index (χ2v) is 10.4. The Bertz CT molecular complexity index is 1800. The number of fused-ring (bicyclic) bond motifs is 1. The second-order valence-electron chi connectivity index (χ2n) is 9.49. The van der Waals surface area contributed by atoms with Gasteiger partial charge in [0, 0.05) is 15.7 Å². The predicted molar refractivity (Wildman–Crippen MR) is 168 cm³/mol. The van der Waals surface area contributed by atoms with Crippen molar-refractivity contribution >= 4 is 38.8 Å². The first-order valence-corrected chi connectivity index (χ1v) is 13.9. The highest BCUT2D eigenvalue weighted by Crippen LogP contribution is 2.35. The lowest BCUT2D eigenvalue weighted by molar-refractivity contribution is -0.120. The van der Waals surface area contributed by atoms with Crippen LogP contribution in [0.3, 0.4) is 0 Å². The van der Waals surface area contributed by atoms with Crippen molar-refractivity contribution in [1.29, 1.82) is 0 Å². The number of halogens is 1. The maximum absolute atomic E-state index is 12.9. The van der Waals surface area contributed by atoms with Crippen LogP contribution in [0.2, 0.25) is 0 Å². The summed E-state index contributed by atoms with van der Waals surface area (Å²) in [6, 6.07) is 45.1. The summed E-state index contributed by atoms with van der Waals surface area (Å²) in [6.07, 6.45) is 1.99. The van der Waals surface area contributed by atoms with Gasteiger partial charge in [0.05, 0.1) is 24.0 Å². The van der Waals surface area contributed by atoms with Crippen molar-refractivity contribution in [3.63, 3.8) is 0 Å². The molecule has 0 saturated carbocycles. The third-order valence-corrected chi connectivity index (χ3v) is 7.38. The Balaban J connectivity index is 1.38. The van der Waals surface area contributed by atoms with E-state index in [1.54, 1.807) is 6.21 Å².